The van der Waals surface area contributed by atoms with E-state index in [1.54, 1.807) is 18.7 Å². The van der Waals surface area contributed by atoms with Crippen LogP contribution in [0.2, 0.25) is 0 Å². The molecule has 0 saturated heterocycles. The lowest BCUT2D eigenvalue weighted by atomic mass is 9.88. The van der Waals surface area contributed by atoms with E-state index in [1.807, 2.05) is 4.57 Å². The maximum atomic E-state index is 8.26. The van der Waals surface area contributed by atoms with Crippen LogP contribution in [0.25, 0.3) is 22.6 Å². The van der Waals surface area contributed by atoms with Crippen LogP contribution in [0.3, 0.4) is 0 Å². The average Bonchev–Trinajstić information content (AvgIpc) is 3.18. The Kier molecular flexibility index (Phi) is 4.83. The first-order chi connectivity index (χ1) is 14.1. The lowest BCUT2D eigenvalue weighted by molar-refractivity contribution is 0.686. The van der Waals surface area contributed by atoms with E-state index >= 15 is 0 Å². The first kappa shape index (κ1) is 18.7. The normalized spacial score (nSPS) is 13.6. The zero-order valence-corrected chi connectivity index (χ0v) is 18.7. The third kappa shape index (κ3) is 3.34. The molecule has 1 aliphatic rings. The smallest absolute Gasteiger partial charge is 0.173 e. The van der Waals surface area contributed by atoms with E-state index in [9.17, 15) is 0 Å². The van der Waals surface area contributed by atoms with Crippen molar-refractivity contribution in [3.8, 4) is 11.4 Å². The van der Waals surface area contributed by atoms with Gasteiger partial charge in [-0.15, -0.1) is 0 Å². The first-order valence-corrected chi connectivity index (χ1v) is 11.1. The Labute approximate surface area is 184 Å². The largest absolute Gasteiger partial charge is 0.334 e. The predicted molar refractivity (Wildman–Crippen MR) is 119 cm³/mol. The van der Waals surface area contributed by atoms with Gasteiger partial charge in [0.25, 0.3) is 0 Å². The second-order valence-corrected chi connectivity index (χ2v) is 8.95. The van der Waals surface area contributed by atoms with Crippen LogP contribution >= 0.6 is 31.9 Å². The number of imidazole rings is 1. The van der Waals surface area contributed by atoms with Gasteiger partial charge in [-0.3, -0.25) is 10.4 Å². The summed E-state index contributed by atoms with van der Waals surface area (Å²) in [4.78, 5) is 16.7. The van der Waals surface area contributed by atoms with E-state index in [2.05, 4.69) is 65.0 Å². The molecule has 0 spiro atoms. The topological polar surface area (TPSA) is 83.2 Å². The fourth-order valence-electron chi connectivity index (χ4n) is 3.99. The Morgan fingerprint density at radius 1 is 1.10 bits per heavy atom. The first-order valence-electron chi connectivity index (χ1n) is 9.50. The molecule has 1 aliphatic carbocycles. The molecule has 146 valence electrons. The Bertz CT molecular complexity index is 1270. The monoisotopic (exact) mass is 512 g/mol. The molecule has 2 N–H and O–H groups in total. The van der Waals surface area contributed by atoms with E-state index < -0.39 is 0 Å². The number of fused-ring (bicyclic) bond motifs is 2. The van der Waals surface area contributed by atoms with Gasteiger partial charge in [0.1, 0.15) is 11.3 Å². The van der Waals surface area contributed by atoms with Crippen LogP contribution in [0.4, 0.5) is 0 Å². The summed E-state index contributed by atoms with van der Waals surface area (Å²) in [5.41, 5.74) is 6.55. The quantitative estimate of drug-likeness (QED) is 0.414. The van der Waals surface area contributed by atoms with Crippen molar-refractivity contribution in [1.29, 1.82) is 5.41 Å². The molecule has 5 rings (SSSR count). The highest BCUT2D eigenvalue weighted by Crippen LogP contribution is 2.31. The van der Waals surface area contributed by atoms with Gasteiger partial charge in [0.15, 0.2) is 11.1 Å². The van der Waals surface area contributed by atoms with E-state index in [0.29, 0.717) is 12.1 Å². The highest BCUT2D eigenvalue weighted by molar-refractivity contribution is 9.11. The molecule has 3 aromatic heterocycles. The maximum Gasteiger partial charge on any atom is 0.173 e. The number of aryl methyl sites for hydroxylation is 1. The standard InChI is InChI=1S/C21H18Br2N6/c22-16-8-25-9-17(23)15(16)10-29-11-26-19(24)18-21(29)28-20(27-18)14-7-3-5-12-4-1-2-6-13(12)14/h3,5,7-9,11,24H,1-2,4,6,10H2,(H,27,28). The molecule has 6 nitrogen and oxygen atoms in total. The summed E-state index contributed by atoms with van der Waals surface area (Å²) in [5.74, 6) is 0.807. The Morgan fingerprint density at radius 3 is 2.72 bits per heavy atom. The molecule has 0 aliphatic heterocycles. The molecular weight excluding hydrogens is 496 g/mol. The Morgan fingerprint density at radius 2 is 1.90 bits per heavy atom. The van der Waals surface area contributed by atoms with Gasteiger partial charge < -0.3 is 9.55 Å². The fourth-order valence-corrected chi connectivity index (χ4v) is 5.17. The number of aromatic amines is 1. The minimum absolute atomic E-state index is 0.202. The summed E-state index contributed by atoms with van der Waals surface area (Å²) >= 11 is 7.15. The minimum atomic E-state index is 0.202. The molecule has 0 saturated carbocycles. The molecule has 8 heteroatoms. The van der Waals surface area contributed by atoms with Crippen LogP contribution in [0, 0.1) is 5.41 Å². The molecular formula is C21H18Br2N6. The van der Waals surface area contributed by atoms with Gasteiger partial charge in [-0.25, -0.2) is 9.97 Å². The zero-order valence-electron chi connectivity index (χ0n) is 15.5. The van der Waals surface area contributed by atoms with Crippen LogP contribution in [-0.4, -0.2) is 24.5 Å². The summed E-state index contributed by atoms with van der Waals surface area (Å²) in [6.07, 6.45) is 9.87. The van der Waals surface area contributed by atoms with Crippen LogP contribution in [0.15, 0.2) is 45.9 Å². The van der Waals surface area contributed by atoms with Gasteiger partial charge in [0.05, 0.1) is 12.9 Å². The summed E-state index contributed by atoms with van der Waals surface area (Å²) in [5, 5.41) is 8.26. The molecule has 3 heterocycles. The summed E-state index contributed by atoms with van der Waals surface area (Å²) in [7, 11) is 0. The molecule has 0 amide bonds. The number of rotatable bonds is 3. The van der Waals surface area contributed by atoms with Crippen LogP contribution < -0.4 is 5.49 Å². The second-order valence-electron chi connectivity index (χ2n) is 7.24. The average molecular weight is 514 g/mol. The third-order valence-electron chi connectivity index (χ3n) is 5.45. The lowest BCUT2D eigenvalue weighted by Crippen LogP contribution is -2.13. The lowest BCUT2D eigenvalue weighted by Gasteiger charge is -2.18. The highest BCUT2D eigenvalue weighted by Gasteiger charge is 2.18. The van der Waals surface area contributed by atoms with Gasteiger partial charge in [-0.1, -0.05) is 18.2 Å². The summed E-state index contributed by atoms with van der Waals surface area (Å²) in [6, 6.07) is 6.45. The van der Waals surface area contributed by atoms with Crippen LogP contribution in [0.1, 0.15) is 29.5 Å². The number of H-pyrrole nitrogens is 1. The number of pyridine rings is 1. The van der Waals surface area contributed by atoms with Gasteiger partial charge in [0.2, 0.25) is 0 Å². The number of nitrogens with one attached hydrogen (secondary N) is 2. The van der Waals surface area contributed by atoms with Crippen LogP contribution in [-0.2, 0) is 19.4 Å². The number of halogens is 2. The second kappa shape index (κ2) is 7.50. The number of nitrogens with zero attached hydrogens (tertiary/aromatic N) is 4. The summed E-state index contributed by atoms with van der Waals surface area (Å²) in [6.45, 7) is 0.560. The number of hydrogen-bond donors (Lipinski definition) is 2. The van der Waals surface area contributed by atoms with Gasteiger partial charge in [-0.2, -0.15) is 0 Å². The van der Waals surface area contributed by atoms with E-state index in [0.717, 1.165) is 44.4 Å². The van der Waals surface area contributed by atoms with Crippen molar-refractivity contribution in [3.05, 3.63) is 68.0 Å². The van der Waals surface area contributed by atoms with Crippen molar-refractivity contribution < 1.29 is 0 Å². The maximum absolute atomic E-state index is 8.26. The van der Waals surface area contributed by atoms with Gasteiger partial charge >= 0.3 is 0 Å². The van der Waals surface area contributed by atoms with Crippen molar-refractivity contribution in [2.24, 2.45) is 0 Å². The molecule has 0 atom stereocenters. The molecule has 29 heavy (non-hydrogen) atoms. The SMILES string of the molecule is N=c1ncn(Cc2c(Br)cncc2Br)c2nc(-c3cccc4c3CCCC4)[nH]c12. The highest BCUT2D eigenvalue weighted by atomic mass is 79.9. The molecule has 1 aromatic carbocycles. The number of hydrogen-bond acceptors (Lipinski definition) is 4. The van der Waals surface area contributed by atoms with Crippen molar-refractivity contribution >= 4 is 43.0 Å². The van der Waals surface area contributed by atoms with E-state index in [-0.39, 0.29) is 5.49 Å². The van der Waals surface area contributed by atoms with E-state index in [4.69, 9.17) is 10.4 Å². The Balaban J connectivity index is 1.66. The van der Waals surface area contributed by atoms with E-state index in [1.165, 1.54) is 24.0 Å². The van der Waals surface area contributed by atoms with Crippen LogP contribution in [0.5, 0.6) is 0 Å². The number of benzene rings is 1. The Hall–Kier alpha value is -2.32. The zero-order chi connectivity index (χ0) is 20.0. The molecule has 0 bridgehead atoms. The van der Waals surface area contributed by atoms with Crippen molar-refractivity contribution in [3.63, 3.8) is 0 Å². The van der Waals surface area contributed by atoms with Crippen molar-refractivity contribution in [2.45, 2.75) is 32.2 Å². The molecule has 0 unspecified atom stereocenters. The predicted octanol–water partition coefficient (Wildman–Crippen LogP) is 4.75. The molecule has 0 fully saturated rings. The van der Waals surface area contributed by atoms with Crippen molar-refractivity contribution in [1.82, 2.24) is 24.5 Å². The summed E-state index contributed by atoms with van der Waals surface area (Å²) < 4.78 is 3.79. The molecule has 0 radical (unpaired) electrons. The van der Waals surface area contributed by atoms with Gasteiger partial charge in [-0.05, 0) is 68.7 Å². The number of aromatic nitrogens is 5. The minimum Gasteiger partial charge on any atom is -0.334 e. The van der Waals surface area contributed by atoms with Crippen molar-refractivity contribution in [2.75, 3.05) is 0 Å². The molecule has 4 aromatic rings. The fraction of sp³-hybridized carbons (Fsp3) is 0.238. The third-order valence-corrected chi connectivity index (χ3v) is 6.82. The van der Waals surface area contributed by atoms with Gasteiger partial charge in [0, 0.05) is 32.5 Å².